The molecule has 1 atom stereocenters. The fourth-order valence-electron chi connectivity index (χ4n) is 2.31. The third-order valence-corrected chi connectivity index (χ3v) is 3.40. The second-order valence-corrected chi connectivity index (χ2v) is 4.83. The molecule has 0 aromatic heterocycles. The number of rotatable bonds is 2. The molecule has 0 spiro atoms. The summed E-state index contributed by atoms with van der Waals surface area (Å²) in [5.74, 6) is -3.14. The molecular formula is C13H18F2N2. The van der Waals surface area contributed by atoms with Crippen LogP contribution in [0.5, 0.6) is 0 Å². The van der Waals surface area contributed by atoms with Crippen LogP contribution < -0.4 is 10.6 Å². The van der Waals surface area contributed by atoms with E-state index < -0.39 is 11.8 Å². The zero-order valence-corrected chi connectivity index (χ0v) is 10.00. The molecule has 1 fully saturated rings. The normalized spacial score (nSPS) is 21.6. The molecule has 1 aromatic rings. The van der Waals surface area contributed by atoms with Crippen LogP contribution in [0.4, 0.5) is 20.2 Å². The van der Waals surface area contributed by atoms with E-state index in [1.807, 2.05) is 29.2 Å². The first-order valence-corrected chi connectivity index (χ1v) is 5.95. The van der Waals surface area contributed by atoms with Crippen LogP contribution in [-0.4, -0.2) is 19.0 Å². The van der Waals surface area contributed by atoms with Gasteiger partial charge in [-0.1, -0.05) is 0 Å². The van der Waals surface area contributed by atoms with Crippen LogP contribution in [0.3, 0.4) is 0 Å². The SMILES string of the molecule is CC(F)(F)C1CCCN(c2ccc(N)cc2)C1. The maximum Gasteiger partial charge on any atom is 0.249 e. The Labute approximate surface area is 100 Å². The standard InChI is InChI=1S/C13H18F2N2/c1-13(14,15)10-3-2-8-17(9-10)12-6-4-11(16)5-7-12/h4-7,10H,2-3,8-9,16H2,1H3. The second-order valence-electron chi connectivity index (χ2n) is 4.83. The minimum Gasteiger partial charge on any atom is -0.399 e. The summed E-state index contributed by atoms with van der Waals surface area (Å²) in [6, 6.07) is 7.41. The topological polar surface area (TPSA) is 29.3 Å². The molecule has 0 radical (unpaired) electrons. The van der Waals surface area contributed by atoms with Crippen molar-refractivity contribution in [1.29, 1.82) is 0 Å². The summed E-state index contributed by atoms with van der Waals surface area (Å²) in [7, 11) is 0. The van der Waals surface area contributed by atoms with Crippen molar-refractivity contribution in [1.82, 2.24) is 0 Å². The highest BCUT2D eigenvalue weighted by Crippen LogP contribution is 2.33. The zero-order chi connectivity index (χ0) is 12.5. The number of hydrogen-bond donors (Lipinski definition) is 1. The number of benzene rings is 1. The van der Waals surface area contributed by atoms with E-state index in [-0.39, 0.29) is 0 Å². The van der Waals surface area contributed by atoms with Gasteiger partial charge in [0.25, 0.3) is 0 Å². The average Bonchev–Trinajstić information content (AvgIpc) is 2.29. The molecule has 0 saturated carbocycles. The Bertz CT molecular complexity index is 370. The molecule has 1 unspecified atom stereocenters. The summed E-state index contributed by atoms with van der Waals surface area (Å²) in [6.45, 7) is 2.29. The van der Waals surface area contributed by atoms with Gasteiger partial charge in [0.2, 0.25) is 5.92 Å². The lowest BCUT2D eigenvalue weighted by atomic mass is 9.92. The van der Waals surface area contributed by atoms with E-state index in [1.165, 1.54) is 0 Å². The quantitative estimate of drug-likeness (QED) is 0.805. The minimum absolute atomic E-state index is 0.424. The van der Waals surface area contributed by atoms with E-state index in [9.17, 15) is 8.78 Å². The molecule has 94 valence electrons. The first kappa shape index (κ1) is 12.1. The van der Waals surface area contributed by atoms with Crippen molar-refractivity contribution < 1.29 is 8.78 Å². The highest BCUT2D eigenvalue weighted by Gasteiger charge is 2.37. The Morgan fingerprint density at radius 2 is 1.94 bits per heavy atom. The summed E-state index contributed by atoms with van der Waals surface area (Å²) in [5, 5.41) is 0. The number of halogens is 2. The number of piperidine rings is 1. The van der Waals surface area contributed by atoms with Gasteiger partial charge in [-0.25, -0.2) is 8.78 Å². The predicted molar refractivity (Wildman–Crippen MR) is 66.4 cm³/mol. The van der Waals surface area contributed by atoms with Crippen molar-refractivity contribution in [2.45, 2.75) is 25.7 Å². The van der Waals surface area contributed by atoms with Crippen LogP contribution in [0.25, 0.3) is 0 Å². The Balaban J connectivity index is 2.09. The zero-order valence-electron chi connectivity index (χ0n) is 10.00. The molecule has 2 nitrogen and oxygen atoms in total. The Morgan fingerprint density at radius 3 is 2.53 bits per heavy atom. The molecule has 0 aliphatic carbocycles. The fourth-order valence-corrected chi connectivity index (χ4v) is 2.31. The Morgan fingerprint density at radius 1 is 1.29 bits per heavy atom. The minimum atomic E-state index is -2.59. The van der Waals surface area contributed by atoms with Crippen LogP contribution in [0.2, 0.25) is 0 Å². The molecule has 2 rings (SSSR count). The van der Waals surface area contributed by atoms with Crippen molar-refractivity contribution in [3.63, 3.8) is 0 Å². The van der Waals surface area contributed by atoms with E-state index in [4.69, 9.17) is 5.73 Å². The molecule has 17 heavy (non-hydrogen) atoms. The highest BCUT2D eigenvalue weighted by atomic mass is 19.3. The van der Waals surface area contributed by atoms with Crippen molar-refractivity contribution >= 4 is 11.4 Å². The smallest absolute Gasteiger partial charge is 0.249 e. The summed E-state index contributed by atoms with van der Waals surface area (Å²) < 4.78 is 26.6. The van der Waals surface area contributed by atoms with E-state index >= 15 is 0 Å². The van der Waals surface area contributed by atoms with Gasteiger partial charge in [-0.3, -0.25) is 0 Å². The lowest BCUT2D eigenvalue weighted by Crippen LogP contribution is -2.42. The summed E-state index contributed by atoms with van der Waals surface area (Å²) >= 11 is 0. The van der Waals surface area contributed by atoms with Gasteiger partial charge in [-0.05, 0) is 44.0 Å². The maximum absolute atomic E-state index is 13.3. The number of hydrogen-bond acceptors (Lipinski definition) is 2. The molecule has 1 aliphatic heterocycles. The van der Waals surface area contributed by atoms with Gasteiger partial charge >= 0.3 is 0 Å². The molecule has 1 heterocycles. The summed E-state index contributed by atoms with van der Waals surface area (Å²) in [5.41, 5.74) is 7.29. The van der Waals surface area contributed by atoms with Gasteiger partial charge in [0.05, 0.1) is 0 Å². The molecule has 1 aromatic carbocycles. The highest BCUT2D eigenvalue weighted by molar-refractivity contribution is 5.53. The monoisotopic (exact) mass is 240 g/mol. The largest absolute Gasteiger partial charge is 0.399 e. The van der Waals surface area contributed by atoms with Gasteiger partial charge in [-0.15, -0.1) is 0 Å². The molecule has 1 saturated heterocycles. The number of nitrogens with zero attached hydrogens (tertiary/aromatic N) is 1. The number of alkyl halides is 2. The summed E-state index contributed by atoms with van der Waals surface area (Å²) in [4.78, 5) is 2.02. The van der Waals surface area contributed by atoms with Gasteiger partial charge in [-0.2, -0.15) is 0 Å². The van der Waals surface area contributed by atoms with E-state index in [0.717, 1.165) is 25.6 Å². The predicted octanol–water partition coefficient (Wildman–Crippen LogP) is 3.14. The third-order valence-electron chi connectivity index (χ3n) is 3.40. The van der Waals surface area contributed by atoms with Crippen LogP contribution in [0, 0.1) is 5.92 Å². The molecule has 4 heteroatoms. The first-order valence-electron chi connectivity index (χ1n) is 5.95. The fraction of sp³-hybridized carbons (Fsp3) is 0.538. The van der Waals surface area contributed by atoms with Crippen molar-refractivity contribution in [2.24, 2.45) is 5.92 Å². The van der Waals surface area contributed by atoms with E-state index in [0.29, 0.717) is 18.7 Å². The Kier molecular flexibility index (Phi) is 3.22. The van der Waals surface area contributed by atoms with Crippen LogP contribution in [0.15, 0.2) is 24.3 Å². The van der Waals surface area contributed by atoms with Gasteiger partial charge in [0.15, 0.2) is 0 Å². The van der Waals surface area contributed by atoms with Crippen LogP contribution in [-0.2, 0) is 0 Å². The third kappa shape index (κ3) is 2.87. The van der Waals surface area contributed by atoms with Crippen LogP contribution in [0.1, 0.15) is 19.8 Å². The van der Waals surface area contributed by atoms with E-state index in [2.05, 4.69) is 0 Å². The number of anilines is 2. The van der Waals surface area contributed by atoms with Crippen molar-refractivity contribution in [3.8, 4) is 0 Å². The average molecular weight is 240 g/mol. The van der Waals surface area contributed by atoms with E-state index in [1.54, 1.807) is 0 Å². The van der Waals surface area contributed by atoms with Crippen molar-refractivity contribution in [2.75, 3.05) is 23.7 Å². The van der Waals surface area contributed by atoms with Gasteiger partial charge in [0.1, 0.15) is 0 Å². The molecule has 2 N–H and O–H groups in total. The lowest BCUT2D eigenvalue weighted by molar-refractivity contribution is -0.0439. The summed E-state index contributed by atoms with van der Waals surface area (Å²) in [6.07, 6.45) is 1.42. The van der Waals surface area contributed by atoms with Gasteiger partial charge in [0, 0.05) is 30.4 Å². The number of nitrogens with two attached hydrogens (primary N) is 1. The van der Waals surface area contributed by atoms with Crippen LogP contribution >= 0.6 is 0 Å². The molecule has 1 aliphatic rings. The molecule has 0 amide bonds. The first-order chi connectivity index (χ1) is 7.97. The lowest BCUT2D eigenvalue weighted by Gasteiger charge is -2.36. The maximum atomic E-state index is 13.3. The van der Waals surface area contributed by atoms with Crippen molar-refractivity contribution in [3.05, 3.63) is 24.3 Å². The molecule has 0 bridgehead atoms. The molecular weight excluding hydrogens is 222 g/mol. The second kappa shape index (κ2) is 4.51. The van der Waals surface area contributed by atoms with Gasteiger partial charge < -0.3 is 10.6 Å². The number of nitrogen functional groups attached to an aromatic ring is 1. The Hall–Kier alpha value is -1.32.